The molecule has 1 aromatic rings. The Balaban J connectivity index is 1.61. The van der Waals surface area contributed by atoms with Gasteiger partial charge in [0.25, 0.3) is 0 Å². The minimum absolute atomic E-state index is 0.0650. The number of rotatable bonds is 6. The average Bonchev–Trinajstić information content (AvgIpc) is 2.63. The van der Waals surface area contributed by atoms with E-state index in [4.69, 9.17) is 14.2 Å². The molecule has 2 amide bonds. The lowest BCUT2D eigenvalue weighted by Crippen LogP contribution is -2.65. The van der Waals surface area contributed by atoms with Crippen LogP contribution in [-0.4, -0.2) is 82.5 Å². The van der Waals surface area contributed by atoms with Gasteiger partial charge in [-0.1, -0.05) is 0 Å². The van der Waals surface area contributed by atoms with Crippen molar-refractivity contribution in [2.45, 2.75) is 24.9 Å². The van der Waals surface area contributed by atoms with E-state index in [1.54, 1.807) is 34.5 Å². The Bertz CT molecular complexity index is 804. The molecule has 0 bridgehead atoms. The Kier molecular flexibility index (Phi) is 6.31. The molecule has 0 saturated carbocycles. The minimum Gasteiger partial charge on any atom is -0.493 e. The zero-order chi connectivity index (χ0) is 20.3. The fraction of sp³-hybridized carbons (Fsp3) is 0.611. The number of anilines is 1. The van der Waals surface area contributed by atoms with Gasteiger partial charge in [0.1, 0.15) is 0 Å². The van der Waals surface area contributed by atoms with E-state index >= 15 is 0 Å². The molecule has 1 aromatic carbocycles. The number of carbonyl (C=O) groups is 1. The average molecular weight is 413 g/mol. The summed E-state index contributed by atoms with van der Waals surface area (Å²) < 4.78 is 41.9. The molecule has 28 heavy (non-hydrogen) atoms. The maximum Gasteiger partial charge on any atom is 0.321 e. The van der Waals surface area contributed by atoms with Gasteiger partial charge in [-0.3, -0.25) is 0 Å². The molecule has 0 radical (unpaired) electrons. The molecule has 2 aliphatic rings. The molecule has 2 aliphatic heterocycles. The van der Waals surface area contributed by atoms with Gasteiger partial charge in [0.05, 0.1) is 26.5 Å². The molecule has 2 saturated heterocycles. The highest BCUT2D eigenvalue weighted by molar-refractivity contribution is 7.88. The van der Waals surface area contributed by atoms with Crippen LogP contribution in [0.1, 0.15) is 12.8 Å². The third kappa shape index (κ3) is 4.50. The van der Waals surface area contributed by atoms with Crippen molar-refractivity contribution in [1.82, 2.24) is 9.21 Å². The van der Waals surface area contributed by atoms with Crippen LogP contribution in [0.4, 0.5) is 10.5 Å². The monoisotopic (exact) mass is 413 g/mol. The number of benzene rings is 1. The number of nitrogens with one attached hydrogen (secondary N) is 1. The molecule has 156 valence electrons. The SMILES string of the molecule is COc1ccc(NC(=O)N2CC(N(C3CCOCC3)S(C)(=O)=O)C2)cc1OC. The summed E-state index contributed by atoms with van der Waals surface area (Å²) in [6.45, 7) is 1.85. The molecular formula is C18H27N3O6S. The number of methoxy groups -OCH3 is 2. The third-order valence-electron chi connectivity index (χ3n) is 5.08. The first-order chi connectivity index (χ1) is 13.3. The molecule has 0 aromatic heterocycles. The van der Waals surface area contributed by atoms with Gasteiger partial charge in [0, 0.05) is 44.1 Å². The van der Waals surface area contributed by atoms with Crippen LogP contribution in [0.3, 0.4) is 0 Å². The number of ether oxygens (including phenoxy) is 3. The first kappa shape index (κ1) is 20.7. The second kappa shape index (κ2) is 8.54. The zero-order valence-corrected chi connectivity index (χ0v) is 17.2. The van der Waals surface area contributed by atoms with Gasteiger partial charge in [-0.2, -0.15) is 4.31 Å². The lowest BCUT2D eigenvalue weighted by atomic mass is 10.0. The lowest BCUT2D eigenvalue weighted by Gasteiger charge is -2.47. The van der Waals surface area contributed by atoms with Gasteiger partial charge in [-0.05, 0) is 25.0 Å². The highest BCUT2D eigenvalue weighted by Crippen LogP contribution is 2.30. The van der Waals surface area contributed by atoms with Crippen LogP contribution in [0, 0.1) is 0 Å². The molecule has 10 heteroatoms. The van der Waals surface area contributed by atoms with Crippen LogP contribution < -0.4 is 14.8 Å². The molecule has 0 aliphatic carbocycles. The first-order valence-corrected chi connectivity index (χ1v) is 11.0. The highest BCUT2D eigenvalue weighted by atomic mass is 32.2. The molecule has 0 spiro atoms. The van der Waals surface area contributed by atoms with E-state index in [1.165, 1.54) is 13.4 Å². The molecular weight excluding hydrogens is 386 g/mol. The van der Waals surface area contributed by atoms with Crippen LogP contribution in [0.2, 0.25) is 0 Å². The van der Waals surface area contributed by atoms with E-state index in [0.717, 1.165) is 0 Å². The van der Waals surface area contributed by atoms with E-state index in [1.807, 2.05) is 0 Å². The minimum atomic E-state index is -3.36. The quantitative estimate of drug-likeness (QED) is 0.756. The number of urea groups is 1. The fourth-order valence-electron chi connectivity index (χ4n) is 3.68. The largest absolute Gasteiger partial charge is 0.493 e. The molecule has 2 fully saturated rings. The van der Waals surface area contributed by atoms with E-state index in [0.29, 0.717) is 56.3 Å². The predicted octanol–water partition coefficient (Wildman–Crippen LogP) is 1.36. The predicted molar refractivity (Wildman–Crippen MR) is 104 cm³/mol. The topological polar surface area (TPSA) is 97.4 Å². The van der Waals surface area contributed by atoms with Gasteiger partial charge in [-0.15, -0.1) is 0 Å². The van der Waals surface area contributed by atoms with Gasteiger partial charge in [-0.25, -0.2) is 13.2 Å². The van der Waals surface area contributed by atoms with Crippen LogP contribution in [-0.2, 0) is 14.8 Å². The molecule has 3 rings (SSSR count). The number of amides is 2. The standard InChI is InChI=1S/C18H27N3O6S/c1-25-16-5-4-13(10-17(16)26-2)19-18(22)20-11-15(12-20)21(28(3,23)24)14-6-8-27-9-7-14/h4-5,10,14-15H,6-9,11-12H2,1-3H3,(H,19,22). The van der Waals surface area contributed by atoms with Gasteiger partial charge in [0.15, 0.2) is 11.5 Å². The maximum absolute atomic E-state index is 12.5. The smallest absolute Gasteiger partial charge is 0.321 e. The molecule has 9 nitrogen and oxygen atoms in total. The number of likely N-dealkylation sites (tertiary alicyclic amines) is 1. The molecule has 0 unspecified atom stereocenters. The summed E-state index contributed by atoms with van der Waals surface area (Å²) in [5.74, 6) is 1.09. The van der Waals surface area contributed by atoms with E-state index < -0.39 is 10.0 Å². The fourth-order valence-corrected chi connectivity index (χ4v) is 5.11. The molecule has 2 heterocycles. The zero-order valence-electron chi connectivity index (χ0n) is 16.4. The van der Waals surface area contributed by atoms with E-state index in [9.17, 15) is 13.2 Å². The normalized spacial score (nSPS) is 18.6. The summed E-state index contributed by atoms with van der Waals surface area (Å²) in [5.41, 5.74) is 0.579. The van der Waals surface area contributed by atoms with Crippen molar-refractivity contribution in [2.75, 3.05) is 52.1 Å². The van der Waals surface area contributed by atoms with E-state index in [-0.39, 0.29) is 18.1 Å². The van der Waals surface area contributed by atoms with Crippen molar-refractivity contribution in [1.29, 1.82) is 0 Å². The number of carbonyl (C=O) groups excluding carboxylic acids is 1. The Morgan fingerprint density at radius 2 is 1.79 bits per heavy atom. The summed E-state index contributed by atoms with van der Waals surface area (Å²) in [4.78, 5) is 14.1. The van der Waals surface area contributed by atoms with Gasteiger partial charge < -0.3 is 24.4 Å². The Labute approximate surface area is 165 Å². The van der Waals surface area contributed by atoms with Gasteiger partial charge >= 0.3 is 6.03 Å². The van der Waals surface area contributed by atoms with Gasteiger partial charge in [0.2, 0.25) is 10.0 Å². The molecule has 0 atom stereocenters. The number of sulfonamides is 1. The van der Waals surface area contributed by atoms with Crippen molar-refractivity contribution >= 4 is 21.7 Å². The van der Waals surface area contributed by atoms with Crippen LogP contribution in [0.15, 0.2) is 18.2 Å². The number of nitrogens with zero attached hydrogens (tertiary/aromatic N) is 2. The van der Waals surface area contributed by atoms with E-state index in [2.05, 4.69) is 5.32 Å². The first-order valence-electron chi connectivity index (χ1n) is 9.17. The summed E-state index contributed by atoms with van der Waals surface area (Å²) in [6, 6.07) is 4.58. The number of hydrogen-bond donors (Lipinski definition) is 1. The number of hydrogen-bond acceptors (Lipinski definition) is 6. The second-order valence-corrected chi connectivity index (χ2v) is 8.88. The van der Waals surface area contributed by atoms with Crippen molar-refractivity contribution in [3.63, 3.8) is 0 Å². The highest BCUT2D eigenvalue weighted by Gasteiger charge is 2.42. The van der Waals surface area contributed by atoms with Crippen LogP contribution in [0.25, 0.3) is 0 Å². The van der Waals surface area contributed by atoms with Crippen molar-refractivity contribution in [2.24, 2.45) is 0 Å². The van der Waals surface area contributed by atoms with Crippen LogP contribution in [0.5, 0.6) is 11.5 Å². The Morgan fingerprint density at radius 3 is 2.36 bits per heavy atom. The molecule has 1 N–H and O–H groups in total. The lowest BCUT2D eigenvalue weighted by molar-refractivity contribution is 0.0246. The summed E-state index contributed by atoms with van der Waals surface area (Å²) in [6.07, 6.45) is 2.59. The second-order valence-electron chi connectivity index (χ2n) is 7.00. The third-order valence-corrected chi connectivity index (χ3v) is 6.44. The Hall–Kier alpha value is -2.04. The van der Waals surface area contributed by atoms with Crippen molar-refractivity contribution in [3.8, 4) is 11.5 Å². The Morgan fingerprint density at radius 1 is 1.14 bits per heavy atom. The van der Waals surface area contributed by atoms with Crippen molar-refractivity contribution in [3.05, 3.63) is 18.2 Å². The maximum atomic E-state index is 12.5. The van der Waals surface area contributed by atoms with Crippen LogP contribution >= 0.6 is 0 Å². The van der Waals surface area contributed by atoms with Crippen molar-refractivity contribution < 1.29 is 27.4 Å². The summed E-state index contributed by atoms with van der Waals surface area (Å²) >= 11 is 0. The summed E-state index contributed by atoms with van der Waals surface area (Å²) in [5, 5.41) is 2.81. The summed E-state index contributed by atoms with van der Waals surface area (Å²) in [7, 11) is -0.289.